The van der Waals surface area contributed by atoms with Crippen LogP contribution in [0.4, 0.5) is 5.69 Å². The van der Waals surface area contributed by atoms with Crippen LogP contribution in [0, 0.1) is 10.1 Å². The standard InChI is InChI=1S/C14H17N3O5/c1-21-7-6-15-4-5-16-14(18)13-9-10-8-11(17(19)20)2-3-12(10)22-13/h2-3,8-9,15H,4-7H2,1H3,(H,16,18). The van der Waals surface area contributed by atoms with Crippen LogP contribution in [0.2, 0.25) is 0 Å². The minimum Gasteiger partial charge on any atom is -0.451 e. The maximum Gasteiger partial charge on any atom is 0.287 e. The smallest absolute Gasteiger partial charge is 0.287 e. The fourth-order valence-electron chi connectivity index (χ4n) is 1.91. The third-order valence-corrected chi connectivity index (χ3v) is 3.00. The van der Waals surface area contributed by atoms with Crippen molar-refractivity contribution >= 4 is 22.6 Å². The van der Waals surface area contributed by atoms with E-state index in [9.17, 15) is 14.9 Å². The second kappa shape index (κ2) is 7.53. The Morgan fingerprint density at radius 3 is 2.86 bits per heavy atom. The van der Waals surface area contributed by atoms with Crippen LogP contribution in [-0.4, -0.2) is 44.2 Å². The van der Waals surface area contributed by atoms with Gasteiger partial charge in [-0.3, -0.25) is 14.9 Å². The molecule has 1 amide bonds. The van der Waals surface area contributed by atoms with E-state index in [4.69, 9.17) is 9.15 Å². The third-order valence-electron chi connectivity index (χ3n) is 3.00. The zero-order chi connectivity index (χ0) is 15.9. The molecule has 0 aliphatic rings. The molecule has 0 unspecified atom stereocenters. The van der Waals surface area contributed by atoms with Crippen molar-refractivity contribution < 1.29 is 18.9 Å². The zero-order valence-electron chi connectivity index (χ0n) is 12.1. The second-order valence-corrected chi connectivity index (χ2v) is 4.59. The van der Waals surface area contributed by atoms with Gasteiger partial charge in [-0.2, -0.15) is 0 Å². The van der Waals surface area contributed by atoms with Crippen LogP contribution in [0.3, 0.4) is 0 Å². The Morgan fingerprint density at radius 1 is 1.32 bits per heavy atom. The number of hydrogen-bond donors (Lipinski definition) is 2. The van der Waals surface area contributed by atoms with Crippen molar-refractivity contribution in [3.8, 4) is 0 Å². The number of nitrogens with one attached hydrogen (secondary N) is 2. The van der Waals surface area contributed by atoms with Crippen LogP contribution < -0.4 is 10.6 Å². The summed E-state index contributed by atoms with van der Waals surface area (Å²) in [5.74, 6) is -0.222. The van der Waals surface area contributed by atoms with Crippen LogP contribution >= 0.6 is 0 Å². The Hall–Kier alpha value is -2.45. The van der Waals surface area contributed by atoms with Gasteiger partial charge in [-0.05, 0) is 12.1 Å². The van der Waals surface area contributed by atoms with Gasteiger partial charge in [0, 0.05) is 44.3 Å². The van der Waals surface area contributed by atoms with Crippen molar-refractivity contribution in [2.45, 2.75) is 0 Å². The summed E-state index contributed by atoms with van der Waals surface area (Å²) in [5.41, 5.74) is 0.400. The summed E-state index contributed by atoms with van der Waals surface area (Å²) in [4.78, 5) is 22.2. The highest BCUT2D eigenvalue weighted by molar-refractivity contribution is 5.96. The molecule has 0 fully saturated rings. The number of benzene rings is 1. The molecule has 2 aromatic rings. The minimum atomic E-state index is -0.488. The number of carbonyl (C=O) groups excluding carboxylic acids is 1. The number of rotatable bonds is 8. The average molecular weight is 307 g/mol. The first kappa shape index (κ1) is 15.9. The maximum absolute atomic E-state index is 11.9. The molecule has 1 aromatic heterocycles. The van der Waals surface area contributed by atoms with Crippen molar-refractivity contribution in [1.82, 2.24) is 10.6 Å². The molecular weight excluding hydrogens is 290 g/mol. The van der Waals surface area contributed by atoms with Gasteiger partial charge in [-0.25, -0.2) is 0 Å². The SMILES string of the molecule is COCCNCCNC(=O)c1cc2cc([N+](=O)[O-])ccc2o1. The van der Waals surface area contributed by atoms with E-state index in [2.05, 4.69) is 10.6 Å². The van der Waals surface area contributed by atoms with E-state index in [1.54, 1.807) is 7.11 Å². The molecule has 2 N–H and O–H groups in total. The Bertz CT molecular complexity index is 668. The Labute approximate surface area is 126 Å². The molecular formula is C14H17N3O5. The lowest BCUT2D eigenvalue weighted by molar-refractivity contribution is -0.384. The van der Waals surface area contributed by atoms with Crippen LogP contribution in [0.25, 0.3) is 11.0 Å². The van der Waals surface area contributed by atoms with E-state index in [0.29, 0.717) is 37.2 Å². The van der Waals surface area contributed by atoms with E-state index in [-0.39, 0.29) is 17.4 Å². The predicted molar refractivity (Wildman–Crippen MR) is 79.9 cm³/mol. The van der Waals surface area contributed by atoms with Gasteiger partial charge in [-0.15, -0.1) is 0 Å². The van der Waals surface area contributed by atoms with Gasteiger partial charge in [0.2, 0.25) is 0 Å². The highest BCUT2D eigenvalue weighted by Crippen LogP contribution is 2.24. The number of nitro groups is 1. The minimum absolute atomic E-state index is 0.0393. The molecule has 1 aromatic carbocycles. The monoisotopic (exact) mass is 307 g/mol. The van der Waals surface area contributed by atoms with Gasteiger partial charge in [0.1, 0.15) is 5.58 Å². The molecule has 0 atom stereocenters. The van der Waals surface area contributed by atoms with Crippen LogP contribution in [0.5, 0.6) is 0 Å². The number of nitrogens with zero attached hydrogens (tertiary/aromatic N) is 1. The fraction of sp³-hybridized carbons (Fsp3) is 0.357. The van der Waals surface area contributed by atoms with Crippen molar-refractivity contribution in [1.29, 1.82) is 0 Å². The normalized spacial score (nSPS) is 10.8. The van der Waals surface area contributed by atoms with Crippen LogP contribution in [-0.2, 0) is 4.74 Å². The third kappa shape index (κ3) is 4.03. The summed E-state index contributed by atoms with van der Waals surface area (Å²) < 4.78 is 10.3. The number of non-ortho nitro benzene ring substituents is 1. The van der Waals surface area contributed by atoms with Crippen LogP contribution in [0.15, 0.2) is 28.7 Å². The van der Waals surface area contributed by atoms with E-state index in [1.165, 1.54) is 24.3 Å². The van der Waals surface area contributed by atoms with Crippen molar-refractivity contribution in [2.75, 3.05) is 33.4 Å². The molecule has 118 valence electrons. The van der Waals surface area contributed by atoms with Gasteiger partial charge < -0.3 is 19.8 Å². The second-order valence-electron chi connectivity index (χ2n) is 4.59. The Morgan fingerprint density at radius 2 is 2.14 bits per heavy atom. The van der Waals surface area contributed by atoms with Gasteiger partial charge in [0.05, 0.1) is 11.5 Å². The Balaban J connectivity index is 1.92. The van der Waals surface area contributed by atoms with E-state index in [1.807, 2.05) is 0 Å². The molecule has 8 nitrogen and oxygen atoms in total. The molecule has 0 bridgehead atoms. The Kier molecular flexibility index (Phi) is 5.45. The number of hydrogen-bond acceptors (Lipinski definition) is 6. The topological polar surface area (TPSA) is 107 Å². The van der Waals surface area contributed by atoms with Gasteiger partial charge in [-0.1, -0.05) is 0 Å². The van der Waals surface area contributed by atoms with E-state index >= 15 is 0 Å². The van der Waals surface area contributed by atoms with Gasteiger partial charge >= 0.3 is 0 Å². The summed E-state index contributed by atoms with van der Waals surface area (Å²) in [7, 11) is 1.62. The molecule has 22 heavy (non-hydrogen) atoms. The lowest BCUT2D eigenvalue weighted by atomic mass is 10.2. The number of amides is 1. The number of furan rings is 1. The maximum atomic E-state index is 11.9. The van der Waals surface area contributed by atoms with E-state index < -0.39 is 4.92 Å². The number of ether oxygens (including phenoxy) is 1. The van der Waals surface area contributed by atoms with Crippen LogP contribution in [0.1, 0.15) is 10.6 Å². The first-order chi connectivity index (χ1) is 10.6. The molecule has 0 saturated carbocycles. The first-order valence-electron chi connectivity index (χ1n) is 6.77. The highest BCUT2D eigenvalue weighted by atomic mass is 16.6. The quantitative estimate of drug-likeness (QED) is 0.432. The summed E-state index contributed by atoms with van der Waals surface area (Å²) >= 11 is 0. The van der Waals surface area contributed by atoms with Crippen molar-refractivity contribution in [3.63, 3.8) is 0 Å². The fourth-order valence-corrected chi connectivity index (χ4v) is 1.91. The number of carbonyl (C=O) groups is 1. The lowest BCUT2D eigenvalue weighted by Crippen LogP contribution is -2.32. The molecule has 2 rings (SSSR count). The van der Waals surface area contributed by atoms with Gasteiger partial charge in [0.15, 0.2) is 5.76 Å². The molecule has 0 aliphatic heterocycles. The molecule has 0 radical (unpaired) electrons. The molecule has 0 aliphatic carbocycles. The predicted octanol–water partition coefficient (Wildman–Crippen LogP) is 1.31. The molecule has 8 heteroatoms. The van der Waals surface area contributed by atoms with Crippen molar-refractivity contribution in [3.05, 3.63) is 40.1 Å². The van der Waals surface area contributed by atoms with Gasteiger partial charge in [0.25, 0.3) is 11.6 Å². The molecule has 0 saturated heterocycles. The van der Waals surface area contributed by atoms with E-state index in [0.717, 1.165) is 0 Å². The zero-order valence-corrected chi connectivity index (χ0v) is 12.1. The summed E-state index contributed by atoms with van der Waals surface area (Å²) in [6.45, 7) is 2.37. The molecule has 0 spiro atoms. The lowest BCUT2D eigenvalue weighted by Gasteiger charge is -2.04. The summed E-state index contributed by atoms with van der Waals surface area (Å²) in [6.07, 6.45) is 0. The summed E-state index contributed by atoms with van der Waals surface area (Å²) in [6, 6.07) is 5.70. The summed E-state index contributed by atoms with van der Waals surface area (Å²) in [5, 5.41) is 17.0. The largest absolute Gasteiger partial charge is 0.451 e. The average Bonchev–Trinajstić information content (AvgIpc) is 2.93. The number of nitro benzene ring substituents is 1. The number of methoxy groups -OCH3 is 1. The molecule has 1 heterocycles. The number of fused-ring (bicyclic) bond motifs is 1. The first-order valence-corrected chi connectivity index (χ1v) is 6.77. The highest BCUT2D eigenvalue weighted by Gasteiger charge is 2.14. The van der Waals surface area contributed by atoms with Crippen molar-refractivity contribution in [2.24, 2.45) is 0 Å².